The number of hydrogen-bond donors (Lipinski definition) is 0. The maximum Gasteiger partial charge on any atom is 0.409 e. The second-order valence-corrected chi connectivity index (χ2v) is 5.12. The zero-order chi connectivity index (χ0) is 10.8. The highest BCUT2D eigenvalue weighted by Crippen LogP contribution is 2.33. The van der Waals surface area contributed by atoms with E-state index in [1.165, 1.54) is 13.5 Å². The maximum atomic E-state index is 11.3. The van der Waals surface area contributed by atoms with Gasteiger partial charge in [-0.25, -0.2) is 4.79 Å². The molecule has 0 N–H and O–H groups in total. The highest BCUT2D eigenvalue weighted by atomic mass is 16.5. The van der Waals surface area contributed by atoms with Gasteiger partial charge in [-0.05, 0) is 24.2 Å². The summed E-state index contributed by atoms with van der Waals surface area (Å²) in [6, 6.07) is 0. The molecule has 0 radical (unpaired) electrons. The number of hydrogen-bond acceptors (Lipinski definition) is 2. The molecule has 0 aliphatic carbocycles. The fourth-order valence-corrected chi connectivity index (χ4v) is 1.98. The number of methoxy groups -OCH3 is 1. The van der Waals surface area contributed by atoms with E-state index in [4.69, 9.17) is 4.74 Å². The average Bonchev–Trinajstić information content (AvgIpc) is 2.15. The van der Waals surface area contributed by atoms with E-state index in [2.05, 4.69) is 20.8 Å². The van der Waals surface area contributed by atoms with Crippen LogP contribution in [-0.2, 0) is 4.74 Å². The first-order valence-corrected chi connectivity index (χ1v) is 5.28. The van der Waals surface area contributed by atoms with Crippen LogP contribution in [0.3, 0.4) is 0 Å². The Morgan fingerprint density at radius 2 is 2.07 bits per heavy atom. The predicted octanol–water partition coefficient (Wildman–Crippen LogP) is 2.51. The average molecular weight is 199 g/mol. The highest BCUT2D eigenvalue weighted by Gasteiger charge is 2.31. The van der Waals surface area contributed by atoms with Crippen LogP contribution in [0.5, 0.6) is 0 Å². The lowest BCUT2D eigenvalue weighted by atomic mass is 9.76. The number of carbonyl (C=O) groups is 1. The first kappa shape index (κ1) is 11.3. The molecule has 0 bridgehead atoms. The maximum absolute atomic E-state index is 11.3. The van der Waals surface area contributed by atoms with E-state index >= 15 is 0 Å². The van der Waals surface area contributed by atoms with E-state index in [1.54, 1.807) is 0 Å². The van der Waals surface area contributed by atoms with E-state index in [0.29, 0.717) is 5.92 Å². The molecule has 82 valence electrons. The Bertz CT molecular complexity index is 208. The smallest absolute Gasteiger partial charge is 0.409 e. The van der Waals surface area contributed by atoms with Gasteiger partial charge in [0.1, 0.15) is 0 Å². The lowest BCUT2D eigenvalue weighted by Crippen LogP contribution is -2.43. The van der Waals surface area contributed by atoms with Crippen LogP contribution in [0.1, 0.15) is 33.6 Å². The van der Waals surface area contributed by atoms with Gasteiger partial charge in [-0.15, -0.1) is 0 Å². The number of rotatable bonds is 0. The fraction of sp³-hybridized carbons (Fsp3) is 0.909. The molecule has 1 atom stereocenters. The Morgan fingerprint density at radius 1 is 1.43 bits per heavy atom. The van der Waals surface area contributed by atoms with Crippen molar-refractivity contribution in [2.45, 2.75) is 33.6 Å². The molecule has 1 unspecified atom stereocenters. The quantitative estimate of drug-likeness (QED) is 0.600. The molecule has 3 nitrogen and oxygen atoms in total. The molecule has 1 fully saturated rings. The third-order valence-electron chi connectivity index (χ3n) is 3.08. The summed E-state index contributed by atoms with van der Waals surface area (Å²) in [5.74, 6) is 0.593. The number of ether oxygens (including phenoxy) is 1. The van der Waals surface area contributed by atoms with Gasteiger partial charge in [0, 0.05) is 13.1 Å². The lowest BCUT2D eigenvalue weighted by Gasteiger charge is -2.38. The number of piperidine rings is 1. The molecule has 1 rings (SSSR count). The number of amides is 1. The van der Waals surface area contributed by atoms with Gasteiger partial charge in [-0.3, -0.25) is 0 Å². The van der Waals surface area contributed by atoms with E-state index in [9.17, 15) is 4.79 Å². The summed E-state index contributed by atoms with van der Waals surface area (Å²) in [7, 11) is 1.45. The van der Waals surface area contributed by atoms with E-state index in [0.717, 1.165) is 19.5 Å². The molecule has 0 aromatic rings. The Hall–Kier alpha value is -0.730. The predicted molar refractivity (Wildman–Crippen MR) is 56.2 cm³/mol. The highest BCUT2D eigenvalue weighted by molar-refractivity contribution is 5.67. The Balaban J connectivity index is 2.56. The van der Waals surface area contributed by atoms with Gasteiger partial charge >= 0.3 is 6.09 Å². The summed E-state index contributed by atoms with van der Waals surface area (Å²) in [6.45, 7) is 8.39. The fourth-order valence-electron chi connectivity index (χ4n) is 1.98. The normalized spacial score (nSPS) is 23.4. The van der Waals surface area contributed by atoms with E-state index < -0.39 is 0 Å². The van der Waals surface area contributed by atoms with Gasteiger partial charge in [0.05, 0.1) is 7.11 Å². The topological polar surface area (TPSA) is 29.5 Å². The molecule has 1 heterocycles. The van der Waals surface area contributed by atoms with Crippen molar-refractivity contribution in [2.24, 2.45) is 11.3 Å². The van der Waals surface area contributed by atoms with Gasteiger partial charge in [0.2, 0.25) is 0 Å². The van der Waals surface area contributed by atoms with Crippen molar-refractivity contribution >= 4 is 6.09 Å². The Morgan fingerprint density at radius 3 is 2.57 bits per heavy atom. The summed E-state index contributed by atoms with van der Waals surface area (Å²) < 4.78 is 4.74. The SMILES string of the molecule is COC(=O)N1CCCC(C(C)(C)C)C1. The van der Waals surface area contributed by atoms with Crippen molar-refractivity contribution in [1.82, 2.24) is 4.90 Å². The minimum atomic E-state index is -0.182. The summed E-state index contributed by atoms with van der Waals surface area (Å²) in [5, 5.41) is 0. The summed E-state index contributed by atoms with van der Waals surface area (Å²) in [6.07, 6.45) is 2.13. The molecular formula is C11H21NO2. The summed E-state index contributed by atoms with van der Waals surface area (Å²) >= 11 is 0. The zero-order valence-electron chi connectivity index (χ0n) is 9.67. The second kappa shape index (κ2) is 4.20. The lowest BCUT2D eigenvalue weighted by molar-refractivity contribution is 0.0748. The zero-order valence-corrected chi connectivity index (χ0v) is 9.67. The third kappa shape index (κ3) is 2.63. The van der Waals surface area contributed by atoms with Gasteiger partial charge in [-0.1, -0.05) is 20.8 Å². The Labute approximate surface area is 86.4 Å². The summed E-state index contributed by atoms with van der Waals surface area (Å²) in [4.78, 5) is 13.2. The molecule has 0 aromatic carbocycles. The molecule has 0 aromatic heterocycles. The van der Waals surface area contributed by atoms with Crippen molar-refractivity contribution in [3.8, 4) is 0 Å². The van der Waals surface area contributed by atoms with Gasteiger partial charge in [0.25, 0.3) is 0 Å². The van der Waals surface area contributed by atoms with Crippen LogP contribution < -0.4 is 0 Å². The largest absolute Gasteiger partial charge is 0.453 e. The molecule has 0 spiro atoms. The van der Waals surface area contributed by atoms with Gasteiger partial charge < -0.3 is 9.64 Å². The monoisotopic (exact) mass is 199 g/mol. The summed E-state index contributed by atoms with van der Waals surface area (Å²) in [5.41, 5.74) is 0.284. The second-order valence-electron chi connectivity index (χ2n) is 5.12. The molecule has 3 heteroatoms. The van der Waals surface area contributed by atoms with Crippen LogP contribution in [0.15, 0.2) is 0 Å². The molecule has 1 aliphatic heterocycles. The molecule has 1 amide bonds. The third-order valence-corrected chi connectivity index (χ3v) is 3.08. The van der Waals surface area contributed by atoms with Crippen LogP contribution in [0.25, 0.3) is 0 Å². The molecule has 1 saturated heterocycles. The van der Waals surface area contributed by atoms with Crippen molar-refractivity contribution in [3.63, 3.8) is 0 Å². The Kier molecular flexibility index (Phi) is 3.40. The van der Waals surface area contributed by atoms with Crippen molar-refractivity contribution in [1.29, 1.82) is 0 Å². The van der Waals surface area contributed by atoms with Crippen molar-refractivity contribution in [3.05, 3.63) is 0 Å². The minimum Gasteiger partial charge on any atom is -0.453 e. The van der Waals surface area contributed by atoms with Crippen LogP contribution >= 0.6 is 0 Å². The first-order chi connectivity index (χ1) is 6.45. The number of likely N-dealkylation sites (tertiary alicyclic amines) is 1. The van der Waals surface area contributed by atoms with E-state index in [-0.39, 0.29) is 11.5 Å². The molecular weight excluding hydrogens is 178 g/mol. The number of carbonyl (C=O) groups excluding carboxylic acids is 1. The van der Waals surface area contributed by atoms with Crippen LogP contribution in [0, 0.1) is 11.3 Å². The van der Waals surface area contributed by atoms with Gasteiger partial charge in [-0.2, -0.15) is 0 Å². The van der Waals surface area contributed by atoms with E-state index in [1.807, 2.05) is 4.90 Å². The molecule has 1 aliphatic rings. The first-order valence-electron chi connectivity index (χ1n) is 5.28. The molecule has 0 saturated carbocycles. The van der Waals surface area contributed by atoms with Crippen LogP contribution in [0.4, 0.5) is 4.79 Å². The van der Waals surface area contributed by atoms with Crippen molar-refractivity contribution in [2.75, 3.05) is 20.2 Å². The van der Waals surface area contributed by atoms with Crippen LogP contribution in [-0.4, -0.2) is 31.2 Å². The standard InChI is InChI=1S/C11H21NO2/c1-11(2,3)9-6-5-7-12(8-9)10(13)14-4/h9H,5-8H2,1-4H3. The van der Waals surface area contributed by atoms with Crippen LogP contribution in [0.2, 0.25) is 0 Å². The molecule has 14 heavy (non-hydrogen) atoms. The van der Waals surface area contributed by atoms with Crippen molar-refractivity contribution < 1.29 is 9.53 Å². The number of nitrogens with zero attached hydrogens (tertiary/aromatic N) is 1. The van der Waals surface area contributed by atoms with Gasteiger partial charge in [0.15, 0.2) is 0 Å². The minimum absolute atomic E-state index is 0.182.